The molecule has 2 amide bonds. The van der Waals surface area contributed by atoms with Crippen molar-refractivity contribution in [1.29, 1.82) is 0 Å². The van der Waals surface area contributed by atoms with Crippen LogP contribution in [0.4, 0.5) is 36.4 Å². The number of nitrogens with zero attached hydrogens (tertiary/aromatic N) is 5. The predicted octanol–water partition coefficient (Wildman–Crippen LogP) is 6.12. The number of hydrogen-bond donors (Lipinski definition) is 1. The Morgan fingerprint density at radius 2 is 1.63 bits per heavy atom. The molecule has 16 heteroatoms. The number of carbonyl (C=O) groups excluding carboxylic acids is 2. The van der Waals surface area contributed by atoms with E-state index in [1.165, 1.54) is 18.3 Å². The third-order valence-corrected chi connectivity index (χ3v) is 6.35. The predicted molar refractivity (Wildman–Crippen MR) is 135 cm³/mol. The van der Waals surface area contributed by atoms with Crippen LogP contribution >= 0.6 is 0 Å². The van der Waals surface area contributed by atoms with Gasteiger partial charge in [-0.2, -0.15) is 26.3 Å². The molecule has 0 saturated carbocycles. The van der Waals surface area contributed by atoms with E-state index in [1.54, 1.807) is 4.90 Å². The van der Waals surface area contributed by atoms with Crippen molar-refractivity contribution in [3.8, 4) is 17.2 Å². The number of hydrogen-bond acceptors (Lipinski definition) is 6. The van der Waals surface area contributed by atoms with Crippen LogP contribution in [0.25, 0.3) is 5.69 Å². The van der Waals surface area contributed by atoms with E-state index in [0.717, 1.165) is 49.2 Å². The van der Waals surface area contributed by atoms with Crippen molar-refractivity contribution < 1.29 is 45.1 Å². The molecule has 0 spiro atoms. The molecular weight excluding hydrogens is 589 g/mol. The Bertz CT molecular complexity index is 1680. The van der Waals surface area contributed by atoms with Crippen LogP contribution in [0.2, 0.25) is 0 Å². The average molecular weight is 608 g/mol. The first-order valence-electron chi connectivity index (χ1n) is 12.6. The fourth-order valence-electron chi connectivity index (χ4n) is 4.41. The number of amides is 2. The second kappa shape index (κ2) is 11.3. The van der Waals surface area contributed by atoms with Gasteiger partial charge in [0.15, 0.2) is 23.0 Å². The number of alkyl halides is 6. The van der Waals surface area contributed by atoms with Crippen molar-refractivity contribution in [2.24, 2.45) is 0 Å². The molecule has 2 aromatic heterocycles. The Hall–Kier alpha value is -5.02. The van der Waals surface area contributed by atoms with Crippen LogP contribution in [-0.4, -0.2) is 49.8 Å². The van der Waals surface area contributed by atoms with Gasteiger partial charge in [-0.3, -0.25) is 14.6 Å². The minimum atomic E-state index is -5.35. The number of rotatable bonds is 6. The fourth-order valence-corrected chi connectivity index (χ4v) is 4.41. The zero-order chi connectivity index (χ0) is 30.9. The van der Waals surface area contributed by atoms with Gasteiger partial charge in [0.05, 0.1) is 11.3 Å². The summed E-state index contributed by atoms with van der Waals surface area (Å²) in [7, 11) is 0. The van der Waals surface area contributed by atoms with E-state index in [4.69, 9.17) is 4.74 Å². The Morgan fingerprint density at radius 3 is 2.30 bits per heavy atom. The monoisotopic (exact) mass is 608 g/mol. The number of aromatic nitrogens is 4. The van der Waals surface area contributed by atoms with E-state index in [2.05, 4.69) is 15.3 Å². The molecule has 1 aliphatic heterocycles. The molecular formula is C27H19F7N6O3. The van der Waals surface area contributed by atoms with Crippen molar-refractivity contribution in [1.82, 2.24) is 24.9 Å². The van der Waals surface area contributed by atoms with Crippen LogP contribution in [-0.2, 0) is 12.4 Å². The molecule has 0 atom stereocenters. The van der Waals surface area contributed by atoms with E-state index < -0.39 is 46.7 Å². The summed E-state index contributed by atoms with van der Waals surface area (Å²) in [5.74, 6) is -3.09. The Kier molecular flexibility index (Phi) is 7.77. The number of nitrogens with one attached hydrogen (secondary N) is 1. The molecule has 2 aromatic carbocycles. The van der Waals surface area contributed by atoms with Gasteiger partial charge in [0.25, 0.3) is 11.8 Å². The number of likely N-dealkylation sites (tertiary alicyclic amines) is 1. The molecule has 43 heavy (non-hydrogen) atoms. The van der Waals surface area contributed by atoms with Crippen LogP contribution in [0.3, 0.4) is 0 Å². The topological polar surface area (TPSA) is 102 Å². The Morgan fingerprint density at radius 1 is 0.907 bits per heavy atom. The molecule has 0 radical (unpaired) electrons. The van der Waals surface area contributed by atoms with Crippen molar-refractivity contribution in [2.75, 3.05) is 18.4 Å². The number of pyridine rings is 1. The molecule has 0 aliphatic carbocycles. The third-order valence-electron chi connectivity index (χ3n) is 6.35. The van der Waals surface area contributed by atoms with Gasteiger partial charge < -0.3 is 15.0 Å². The average Bonchev–Trinajstić information content (AvgIpc) is 3.65. The summed E-state index contributed by atoms with van der Waals surface area (Å²) < 4.78 is 103. The number of halogens is 7. The second-order valence-corrected chi connectivity index (χ2v) is 9.29. The molecule has 1 N–H and O–H groups in total. The largest absolute Gasteiger partial charge is 0.454 e. The highest BCUT2D eigenvalue weighted by molar-refractivity contribution is 6.03. The van der Waals surface area contributed by atoms with Crippen molar-refractivity contribution in [3.05, 3.63) is 89.3 Å². The summed E-state index contributed by atoms with van der Waals surface area (Å²) in [5.41, 5.74) is -5.85. The van der Waals surface area contributed by atoms with Crippen LogP contribution < -0.4 is 10.1 Å². The van der Waals surface area contributed by atoms with Crippen molar-refractivity contribution >= 4 is 17.5 Å². The van der Waals surface area contributed by atoms with E-state index in [-0.39, 0.29) is 33.5 Å². The van der Waals surface area contributed by atoms with Gasteiger partial charge in [0, 0.05) is 37.1 Å². The molecule has 1 saturated heterocycles. The van der Waals surface area contributed by atoms with E-state index in [1.807, 2.05) is 5.32 Å². The highest BCUT2D eigenvalue weighted by atomic mass is 19.4. The number of carbonyl (C=O) groups is 2. The molecule has 5 rings (SSSR count). The van der Waals surface area contributed by atoms with Crippen molar-refractivity contribution in [3.63, 3.8) is 0 Å². The third kappa shape index (κ3) is 6.27. The number of anilines is 1. The SMILES string of the molecule is O=C(Nc1ccc(Oc2ccnc(C(=O)N3CCCC3)c2)c(F)c1)c1nnn(-c2ccccc2C(F)(F)F)c1C(F)(F)F. The zero-order valence-electron chi connectivity index (χ0n) is 21.7. The van der Waals surface area contributed by atoms with E-state index in [0.29, 0.717) is 19.2 Å². The first kappa shape index (κ1) is 29.5. The van der Waals surface area contributed by atoms with Gasteiger partial charge in [-0.15, -0.1) is 5.10 Å². The van der Waals surface area contributed by atoms with Crippen LogP contribution in [0, 0.1) is 5.82 Å². The first-order valence-corrected chi connectivity index (χ1v) is 12.6. The lowest BCUT2D eigenvalue weighted by Crippen LogP contribution is -2.28. The molecule has 0 bridgehead atoms. The highest BCUT2D eigenvalue weighted by Crippen LogP contribution is 2.38. The summed E-state index contributed by atoms with van der Waals surface area (Å²) in [6, 6.07) is 9.01. The molecule has 3 heterocycles. The Balaban J connectivity index is 1.37. The summed E-state index contributed by atoms with van der Waals surface area (Å²) in [5, 5.41) is 8.39. The molecule has 0 unspecified atom stereocenters. The maximum atomic E-state index is 14.9. The molecule has 224 valence electrons. The van der Waals surface area contributed by atoms with Crippen LogP contribution in [0.15, 0.2) is 60.8 Å². The molecule has 4 aromatic rings. The quantitative estimate of drug-likeness (QED) is 0.265. The molecule has 9 nitrogen and oxygen atoms in total. The summed E-state index contributed by atoms with van der Waals surface area (Å²) in [6.07, 6.45) is -7.33. The van der Waals surface area contributed by atoms with E-state index >= 15 is 0 Å². The summed E-state index contributed by atoms with van der Waals surface area (Å²) in [6.45, 7) is 1.18. The maximum absolute atomic E-state index is 14.9. The van der Waals surface area contributed by atoms with E-state index in [9.17, 15) is 40.3 Å². The summed E-state index contributed by atoms with van der Waals surface area (Å²) >= 11 is 0. The maximum Gasteiger partial charge on any atom is 0.435 e. The lowest BCUT2D eigenvalue weighted by atomic mass is 10.1. The highest BCUT2D eigenvalue weighted by Gasteiger charge is 2.44. The number of para-hydroxylation sites is 1. The standard InChI is InChI=1S/C27H19F7N6O3/c28-18-13-15(7-8-21(18)43-16-9-10-35-19(14-16)25(42)39-11-3-4-12-39)36-24(41)22-23(27(32,33)34)40(38-37-22)20-6-2-1-5-17(20)26(29,30)31/h1-2,5-10,13-14H,3-4,11-12H2,(H,36,41). The van der Waals surface area contributed by atoms with Gasteiger partial charge in [-0.25, -0.2) is 9.07 Å². The van der Waals surface area contributed by atoms with Gasteiger partial charge >= 0.3 is 12.4 Å². The van der Waals surface area contributed by atoms with Gasteiger partial charge in [0.2, 0.25) is 0 Å². The smallest absolute Gasteiger partial charge is 0.435 e. The molecule has 1 aliphatic rings. The normalized spacial score (nSPS) is 13.7. The lowest BCUT2D eigenvalue weighted by molar-refractivity contribution is -0.145. The van der Waals surface area contributed by atoms with Gasteiger partial charge in [-0.1, -0.05) is 17.3 Å². The molecule has 1 fully saturated rings. The van der Waals surface area contributed by atoms with Gasteiger partial charge in [-0.05, 0) is 43.2 Å². The lowest BCUT2D eigenvalue weighted by Gasteiger charge is -2.16. The van der Waals surface area contributed by atoms with Crippen LogP contribution in [0.5, 0.6) is 11.5 Å². The van der Waals surface area contributed by atoms with Crippen molar-refractivity contribution in [2.45, 2.75) is 25.2 Å². The summed E-state index contributed by atoms with van der Waals surface area (Å²) in [4.78, 5) is 31.0. The number of ether oxygens (including phenoxy) is 1. The zero-order valence-corrected chi connectivity index (χ0v) is 21.7. The minimum absolute atomic E-state index is 0.0822. The number of benzene rings is 2. The Labute approximate surface area is 237 Å². The van der Waals surface area contributed by atoms with Gasteiger partial charge in [0.1, 0.15) is 11.4 Å². The second-order valence-electron chi connectivity index (χ2n) is 9.29. The van der Waals surface area contributed by atoms with Crippen LogP contribution in [0.1, 0.15) is 45.1 Å². The minimum Gasteiger partial charge on any atom is -0.454 e. The first-order chi connectivity index (χ1) is 20.3. The fraction of sp³-hybridized carbons (Fsp3) is 0.222.